The SMILES string of the molecule is CS(=O)NCCCCN(N)/N=C(\N)c1ccc(C2=CC3(CCNCC3)Oc3ccccc32)cc1. The van der Waals surface area contributed by atoms with Crippen LogP contribution in [0, 0.1) is 0 Å². The van der Waals surface area contributed by atoms with Crippen molar-refractivity contribution in [1.82, 2.24) is 15.2 Å². The van der Waals surface area contributed by atoms with Crippen molar-refractivity contribution >= 4 is 22.4 Å². The fourth-order valence-corrected chi connectivity index (χ4v) is 4.82. The van der Waals surface area contributed by atoms with E-state index >= 15 is 0 Å². The summed E-state index contributed by atoms with van der Waals surface area (Å²) in [6.07, 6.45) is 7.49. The number of piperidine rings is 1. The minimum absolute atomic E-state index is 0.268. The lowest BCUT2D eigenvalue weighted by atomic mass is 9.83. The first kappa shape index (κ1) is 24.4. The molecule has 0 aliphatic carbocycles. The van der Waals surface area contributed by atoms with Crippen molar-refractivity contribution in [2.45, 2.75) is 31.3 Å². The lowest BCUT2D eigenvalue weighted by Crippen LogP contribution is -2.46. The smallest absolute Gasteiger partial charge is 0.152 e. The molecule has 0 saturated carbocycles. The van der Waals surface area contributed by atoms with E-state index in [0.717, 1.165) is 61.2 Å². The highest BCUT2D eigenvalue weighted by atomic mass is 32.2. The second-order valence-electron chi connectivity index (χ2n) is 8.75. The van der Waals surface area contributed by atoms with Crippen LogP contribution in [0.15, 0.2) is 59.7 Å². The van der Waals surface area contributed by atoms with Crippen LogP contribution in [0.4, 0.5) is 0 Å². The van der Waals surface area contributed by atoms with Gasteiger partial charge in [-0.3, -0.25) is 0 Å². The zero-order valence-electron chi connectivity index (χ0n) is 19.6. The number of nitrogens with two attached hydrogens (primary N) is 2. The van der Waals surface area contributed by atoms with Crippen LogP contribution in [0.2, 0.25) is 0 Å². The predicted molar refractivity (Wildman–Crippen MR) is 138 cm³/mol. The van der Waals surface area contributed by atoms with Gasteiger partial charge in [-0.1, -0.05) is 42.5 Å². The normalized spacial score (nSPS) is 18.1. The van der Waals surface area contributed by atoms with Crippen LogP contribution < -0.4 is 26.4 Å². The van der Waals surface area contributed by atoms with Crippen LogP contribution in [0.5, 0.6) is 5.75 Å². The number of rotatable bonds is 9. The maximum absolute atomic E-state index is 11.0. The molecule has 182 valence electrons. The Hall–Kier alpha value is -2.72. The van der Waals surface area contributed by atoms with Gasteiger partial charge in [0.1, 0.15) is 11.4 Å². The fraction of sp³-hybridized carbons (Fsp3) is 0.400. The second-order valence-corrected chi connectivity index (χ2v) is 9.95. The molecule has 1 spiro atoms. The third-order valence-electron chi connectivity index (χ3n) is 6.19. The molecule has 0 radical (unpaired) electrons. The van der Waals surface area contributed by atoms with Crippen molar-refractivity contribution in [3.05, 3.63) is 71.3 Å². The summed E-state index contributed by atoms with van der Waals surface area (Å²) in [4.78, 5) is 0. The molecule has 8 nitrogen and oxygen atoms in total. The van der Waals surface area contributed by atoms with Crippen molar-refractivity contribution in [2.75, 3.05) is 32.4 Å². The van der Waals surface area contributed by atoms with E-state index in [-0.39, 0.29) is 5.60 Å². The number of fused-ring (bicyclic) bond motifs is 1. The van der Waals surface area contributed by atoms with Gasteiger partial charge in [0.15, 0.2) is 5.84 Å². The van der Waals surface area contributed by atoms with Gasteiger partial charge in [-0.2, -0.15) is 0 Å². The molecule has 2 aliphatic rings. The van der Waals surface area contributed by atoms with E-state index in [1.54, 1.807) is 6.26 Å². The molecular formula is C25H34N6O2S. The Balaban J connectivity index is 1.47. The Kier molecular flexibility index (Phi) is 7.99. The predicted octanol–water partition coefficient (Wildman–Crippen LogP) is 2.09. The molecule has 4 rings (SSSR count). The largest absolute Gasteiger partial charge is 0.482 e. The van der Waals surface area contributed by atoms with Crippen molar-refractivity contribution in [3.8, 4) is 5.75 Å². The molecule has 6 N–H and O–H groups in total. The van der Waals surface area contributed by atoms with Crippen molar-refractivity contribution < 1.29 is 8.95 Å². The Labute approximate surface area is 204 Å². The minimum atomic E-state index is -0.990. The number of benzene rings is 2. The molecule has 2 aromatic rings. The molecule has 0 amide bonds. The van der Waals surface area contributed by atoms with Crippen molar-refractivity contribution in [3.63, 3.8) is 0 Å². The lowest BCUT2D eigenvalue weighted by molar-refractivity contribution is 0.0817. The summed E-state index contributed by atoms with van der Waals surface area (Å²) in [7, 11) is -0.990. The Morgan fingerprint density at radius 3 is 2.65 bits per heavy atom. The summed E-state index contributed by atoms with van der Waals surface area (Å²) >= 11 is 0. The standard InChI is InChI=1S/C25H34N6O2S/c1-34(32)29-14-4-5-17-31(27)30-24(26)20-10-8-19(9-11-20)22-18-25(12-15-28-16-13-25)33-23-7-3-2-6-21(22)23/h2-3,6-11,18,28-29H,4-5,12-17,27H2,1H3,(H2,26,30). The van der Waals surface area contributed by atoms with Crippen LogP contribution in [-0.2, 0) is 11.0 Å². The summed E-state index contributed by atoms with van der Waals surface area (Å²) in [5.41, 5.74) is 10.2. The van der Waals surface area contributed by atoms with Gasteiger partial charge in [-0.25, -0.2) is 19.9 Å². The first-order valence-electron chi connectivity index (χ1n) is 11.7. The van der Waals surface area contributed by atoms with E-state index in [1.165, 1.54) is 10.7 Å². The van der Waals surface area contributed by atoms with Gasteiger partial charge in [0.2, 0.25) is 0 Å². The zero-order valence-corrected chi connectivity index (χ0v) is 20.4. The van der Waals surface area contributed by atoms with E-state index in [2.05, 4.69) is 45.5 Å². The van der Waals surface area contributed by atoms with Crippen LogP contribution in [0.25, 0.3) is 5.57 Å². The molecule has 0 bridgehead atoms. The number of para-hydroxylation sites is 1. The minimum Gasteiger partial charge on any atom is -0.482 e. The van der Waals surface area contributed by atoms with Crippen LogP contribution >= 0.6 is 0 Å². The van der Waals surface area contributed by atoms with Gasteiger partial charge < -0.3 is 15.8 Å². The quantitative estimate of drug-likeness (QED) is 0.143. The number of hydrazone groups is 1. The summed E-state index contributed by atoms with van der Waals surface area (Å²) < 4.78 is 20.4. The average Bonchev–Trinajstić information content (AvgIpc) is 2.83. The highest BCUT2D eigenvalue weighted by Crippen LogP contribution is 2.42. The average molecular weight is 483 g/mol. The molecule has 1 atom stereocenters. The number of hydrazine groups is 1. The first-order valence-corrected chi connectivity index (χ1v) is 13.3. The Morgan fingerprint density at radius 1 is 1.18 bits per heavy atom. The molecule has 2 aromatic carbocycles. The summed E-state index contributed by atoms with van der Waals surface area (Å²) in [6.45, 7) is 3.14. The third kappa shape index (κ3) is 6.04. The lowest BCUT2D eigenvalue weighted by Gasteiger charge is -2.40. The second kappa shape index (κ2) is 11.1. The third-order valence-corrected chi connectivity index (χ3v) is 6.81. The molecule has 0 aromatic heterocycles. The molecule has 34 heavy (non-hydrogen) atoms. The summed E-state index contributed by atoms with van der Waals surface area (Å²) in [5, 5.41) is 9.10. The fourth-order valence-electron chi connectivity index (χ4n) is 4.38. The number of hydrogen-bond donors (Lipinski definition) is 4. The monoisotopic (exact) mass is 482 g/mol. The van der Waals surface area contributed by atoms with E-state index in [0.29, 0.717) is 18.9 Å². The summed E-state index contributed by atoms with van der Waals surface area (Å²) in [6, 6.07) is 16.4. The van der Waals surface area contributed by atoms with E-state index < -0.39 is 11.0 Å². The van der Waals surface area contributed by atoms with Gasteiger partial charge >= 0.3 is 0 Å². The number of hydrogen-bond acceptors (Lipinski definition) is 6. The molecule has 1 fully saturated rings. The topological polar surface area (TPSA) is 118 Å². The Morgan fingerprint density at radius 2 is 1.91 bits per heavy atom. The Bertz CT molecular complexity index is 1060. The number of amidine groups is 1. The molecule has 1 unspecified atom stereocenters. The molecule has 1 saturated heterocycles. The summed E-state index contributed by atoms with van der Waals surface area (Å²) in [5.74, 6) is 7.30. The van der Waals surface area contributed by atoms with Gasteiger partial charge in [0.05, 0.1) is 17.5 Å². The first-order chi connectivity index (χ1) is 16.5. The number of nitrogens with one attached hydrogen (secondary N) is 2. The van der Waals surface area contributed by atoms with Gasteiger partial charge in [0.25, 0.3) is 0 Å². The van der Waals surface area contributed by atoms with Gasteiger partial charge in [-0.05, 0) is 49.2 Å². The highest BCUT2D eigenvalue weighted by molar-refractivity contribution is 7.82. The van der Waals surface area contributed by atoms with Crippen LogP contribution in [-0.4, -0.2) is 53.2 Å². The maximum atomic E-state index is 11.0. The highest BCUT2D eigenvalue weighted by Gasteiger charge is 2.36. The zero-order chi connectivity index (χ0) is 24.0. The molecule has 2 heterocycles. The van der Waals surface area contributed by atoms with E-state index in [9.17, 15) is 4.21 Å². The number of unbranched alkanes of at least 4 members (excludes halogenated alkanes) is 1. The van der Waals surface area contributed by atoms with Crippen molar-refractivity contribution in [1.29, 1.82) is 0 Å². The molecular weight excluding hydrogens is 448 g/mol. The van der Waals surface area contributed by atoms with Gasteiger partial charge in [0, 0.05) is 36.8 Å². The number of nitrogens with zero attached hydrogens (tertiary/aromatic N) is 2. The molecule has 2 aliphatic heterocycles. The van der Waals surface area contributed by atoms with Gasteiger partial charge in [-0.15, -0.1) is 5.10 Å². The van der Waals surface area contributed by atoms with E-state index in [1.807, 2.05) is 24.3 Å². The number of ether oxygens (including phenoxy) is 1. The van der Waals surface area contributed by atoms with Crippen LogP contribution in [0.1, 0.15) is 42.4 Å². The van der Waals surface area contributed by atoms with Crippen molar-refractivity contribution in [2.24, 2.45) is 16.7 Å². The van der Waals surface area contributed by atoms with Crippen LogP contribution in [0.3, 0.4) is 0 Å². The van der Waals surface area contributed by atoms with E-state index in [4.69, 9.17) is 16.3 Å². The maximum Gasteiger partial charge on any atom is 0.152 e. The molecule has 9 heteroatoms.